The lowest BCUT2D eigenvalue weighted by Crippen LogP contribution is -2.47. The Bertz CT molecular complexity index is 659. The number of benzene rings is 1. The molecule has 1 heterocycles. The van der Waals surface area contributed by atoms with Gasteiger partial charge in [-0.15, -0.1) is 12.4 Å². The maximum atomic E-state index is 13.9. The lowest BCUT2D eigenvalue weighted by Gasteiger charge is -2.37. The summed E-state index contributed by atoms with van der Waals surface area (Å²) in [4.78, 5) is -0.665. The molecule has 1 aliphatic heterocycles. The van der Waals surface area contributed by atoms with Crippen LogP contribution in [0.3, 0.4) is 0 Å². The van der Waals surface area contributed by atoms with Crippen molar-refractivity contribution >= 4 is 22.4 Å². The number of hydrogen-bond donors (Lipinski definition) is 2. The largest absolute Gasteiger partial charge is 0.384 e. The number of rotatable bonds is 6. The molecule has 0 amide bonds. The van der Waals surface area contributed by atoms with Gasteiger partial charge in [-0.2, -0.15) is 0 Å². The Hall–Kier alpha value is -0.800. The molecule has 1 fully saturated rings. The lowest BCUT2D eigenvalue weighted by atomic mass is 9.80. The molecule has 0 unspecified atom stereocenters. The smallest absolute Gasteiger partial charge is 0.243 e. The van der Waals surface area contributed by atoms with Crippen molar-refractivity contribution in [2.75, 3.05) is 33.4 Å². The Balaban J connectivity index is 0.00000288. The second-order valence-corrected chi connectivity index (χ2v) is 7.77. The molecule has 0 aromatic heterocycles. The van der Waals surface area contributed by atoms with E-state index in [9.17, 15) is 17.2 Å². The summed E-state index contributed by atoms with van der Waals surface area (Å²) >= 11 is 0. The number of methoxy groups -OCH3 is 1. The minimum atomic E-state index is -4.13. The highest BCUT2D eigenvalue weighted by Crippen LogP contribution is 2.29. The van der Waals surface area contributed by atoms with Crippen molar-refractivity contribution < 1.29 is 21.9 Å². The van der Waals surface area contributed by atoms with Crippen LogP contribution in [0.4, 0.5) is 8.78 Å². The van der Waals surface area contributed by atoms with Crippen LogP contribution in [0, 0.1) is 24.0 Å². The van der Waals surface area contributed by atoms with Crippen molar-refractivity contribution in [2.45, 2.75) is 24.7 Å². The van der Waals surface area contributed by atoms with Crippen LogP contribution in [0.25, 0.3) is 0 Å². The summed E-state index contributed by atoms with van der Waals surface area (Å²) in [7, 11) is -2.56. The summed E-state index contributed by atoms with van der Waals surface area (Å²) in [5, 5.41) is 3.21. The molecule has 2 rings (SSSR count). The highest BCUT2D eigenvalue weighted by atomic mass is 35.5. The van der Waals surface area contributed by atoms with Crippen LogP contribution in [0.15, 0.2) is 17.0 Å². The van der Waals surface area contributed by atoms with Gasteiger partial charge in [-0.3, -0.25) is 0 Å². The molecular weight excluding hydrogens is 362 g/mol. The molecule has 0 saturated carbocycles. The van der Waals surface area contributed by atoms with E-state index in [-0.39, 0.29) is 29.9 Å². The molecule has 1 saturated heterocycles. The third-order valence-corrected chi connectivity index (χ3v) is 5.67. The van der Waals surface area contributed by atoms with Crippen LogP contribution in [-0.2, 0) is 14.8 Å². The molecule has 0 bridgehead atoms. The molecule has 5 nitrogen and oxygen atoms in total. The van der Waals surface area contributed by atoms with E-state index >= 15 is 0 Å². The van der Waals surface area contributed by atoms with Gasteiger partial charge in [0.15, 0.2) is 0 Å². The number of hydrogen-bond acceptors (Lipinski definition) is 4. The van der Waals surface area contributed by atoms with Gasteiger partial charge in [0.2, 0.25) is 10.0 Å². The maximum absolute atomic E-state index is 13.9. The standard InChI is InChI=1S/C15H22F2N2O3S.ClH/c1-11-7-13(17)14(8-12(11)16)23(20,21)19-9-15(10-22-2)3-5-18-6-4-15;/h7-8,18-19H,3-6,9-10H2,1-2H3;1H. The molecule has 2 N–H and O–H groups in total. The first-order valence-corrected chi connectivity index (χ1v) is 8.93. The predicted octanol–water partition coefficient (Wildman–Crippen LogP) is 1.99. The Kier molecular flexibility index (Phi) is 7.55. The van der Waals surface area contributed by atoms with Gasteiger partial charge < -0.3 is 10.1 Å². The average Bonchev–Trinajstić information content (AvgIpc) is 2.50. The molecular formula is C15H23ClF2N2O3S. The van der Waals surface area contributed by atoms with Crippen LogP contribution in [-0.4, -0.2) is 41.8 Å². The number of ether oxygens (including phenoxy) is 1. The van der Waals surface area contributed by atoms with Gasteiger partial charge in [0.1, 0.15) is 16.5 Å². The lowest BCUT2D eigenvalue weighted by molar-refractivity contribution is 0.0577. The zero-order chi connectivity index (χ0) is 17.1. The summed E-state index contributed by atoms with van der Waals surface area (Å²) in [6, 6.07) is 1.61. The number of sulfonamides is 1. The Morgan fingerprint density at radius 1 is 1.25 bits per heavy atom. The molecule has 9 heteroatoms. The molecule has 138 valence electrons. The van der Waals surface area contributed by atoms with Gasteiger partial charge in [-0.05, 0) is 50.6 Å². The average molecular weight is 385 g/mol. The summed E-state index contributed by atoms with van der Waals surface area (Å²) in [6.45, 7) is 3.43. The van der Waals surface area contributed by atoms with Gasteiger partial charge in [0.25, 0.3) is 0 Å². The van der Waals surface area contributed by atoms with Crippen molar-refractivity contribution in [1.82, 2.24) is 10.0 Å². The molecule has 1 aromatic carbocycles. The van der Waals surface area contributed by atoms with Crippen LogP contribution in [0.5, 0.6) is 0 Å². The van der Waals surface area contributed by atoms with E-state index in [2.05, 4.69) is 10.0 Å². The molecule has 0 aliphatic carbocycles. The molecule has 1 aliphatic rings. The van der Waals surface area contributed by atoms with Gasteiger partial charge in [-0.25, -0.2) is 21.9 Å². The summed E-state index contributed by atoms with van der Waals surface area (Å²) in [6.07, 6.45) is 1.49. The van der Waals surface area contributed by atoms with Gasteiger partial charge in [-0.1, -0.05) is 0 Å². The number of aryl methyl sites for hydroxylation is 1. The van der Waals surface area contributed by atoms with Crippen molar-refractivity contribution in [3.8, 4) is 0 Å². The Labute approximate surface area is 147 Å². The van der Waals surface area contributed by atoms with E-state index in [0.717, 1.165) is 38.1 Å². The fraction of sp³-hybridized carbons (Fsp3) is 0.600. The predicted molar refractivity (Wildman–Crippen MR) is 89.9 cm³/mol. The normalized spacial score (nSPS) is 17.3. The van der Waals surface area contributed by atoms with Crippen molar-refractivity contribution in [2.24, 2.45) is 5.41 Å². The first-order chi connectivity index (χ1) is 10.8. The van der Waals surface area contributed by atoms with E-state index in [0.29, 0.717) is 6.61 Å². The van der Waals surface area contributed by atoms with Gasteiger partial charge in [0.05, 0.1) is 6.61 Å². The SMILES string of the molecule is COCC1(CNS(=O)(=O)c2cc(F)c(C)cc2F)CCNCC1.Cl. The fourth-order valence-electron chi connectivity index (χ4n) is 2.80. The number of halogens is 3. The van der Waals surface area contributed by atoms with Gasteiger partial charge >= 0.3 is 0 Å². The van der Waals surface area contributed by atoms with E-state index in [1.165, 1.54) is 6.92 Å². The van der Waals surface area contributed by atoms with Crippen LogP contribution < -0.4 is 10.0 Å². The van der Waals surface area contributed by atoms with Crippen molar-refractivity contribution in [3.05, 3.63) is 29.3 Å². The Morgan fingerprint density at radius 3 is 2.46 bits per heavy atom. The minimum Gasteiger partial charge on any atom is -0.384 e. The van der Waals surface area contributed by atoms with E-state index in [4.69, 9.17) is 4.74 Å². The van der Waals surface area contributed by atoms with Crippen molar-refractivity contribution in [3.63, 3.8) is 0 Å². The van der Waals surface area contributed by atoms with Crippen LogP contribution in [0.2, 0.25) is 0 Å². The van der Waals surface area contributed by atoms with E-state index in [1.807, 2.05) is 0 Å². The third-order valence-electron chi connectivity index (χ3n) is 4.25. The third kappa shape index (κ3) is 4.86. The van der Waals surface area contributed by atoms with Crippen LogP contribution >= 0.6 is 12.4 Å². The zero-order valence-electron chi connectivity index (χ0n) is 13.7. The fourth-order valence-corrected chi connectivity index (χ4v) is 4.02. The zero-order valence-corrected chi connectivity index (χ0v) is 15.3. The molecule has 1 aromatic rings. The summed E-state index contributed by atoms with van der Waals surface area (Å²) in [5.41, 5.74) is -0.275. The number of nitrogens with one attached hydrogen (secondary N) is 2. The Morgan fingerprint density at radius 2 is 1.88 bits per heavy atom. The van der Waals surface area contributed by atoms with Crippen molar-refractivity contribution in [1.29, 1.82) is 0 Å². The van der Waals surface area contributed by atoms with Gasteiger partial charge in [0, 0.05) is 19.1 Å². The summed E-state index contributed by atoms with van der Waals surface area (Å²) in [5.74, 6) is -1.71. The summed E-state index contributed by atoms with van der Waals surface area (Å²) < 4.78 is 59.8. The second kappa shape index (κ2) is 8.53. The second-order valence-electron chi connectivity index (χ2n) is 6.04. The topological polar surface area (TPSA) is 67.4 Å². The number of piperidine rings is 1. The molecule has 0 spiro atoms. The molecule has 24 heavy (non-hydrogen) atoms. The maximum Gasteiger partial charge on any atom is 0.243 e. The first-order valence-electron chi connectivity index (χ1n) is 7.45. The highest BCUT2D eigenvalue weighted by Gasteiger charge is 2.34. The van der Waals surface area contributed by atoms with E-state index < -0.39 is 26.6 Å². The minimum absolute atomic E-state index is 0. The molecule has 0 atom stereocenters. The van der Waals surface area contributed by atoms with E-state index in [1.54, 1.807) is 7.11 Å². The quantitative estimate of drug-likeness (QED) is 0.787. The molecule has 0 radical (unpaired) electrons. The highest BCUT2D eigenvalue weighted by molar-refractivity contribution is 7.89. The van der Waals surface area contributed by atoms with Crippen LogP contribution in [0.1, 0.15) is 18.4 Å². The first kappa shape index (κ1) is 21.2. The monoisotopic (exact) mass is 384 g/mol.